The molecule has 0 radical (unpaired) electrons. The average Bonchev–Trinajstić information content (AvgIpc) is 2.97. The van der Waals surface area contributed by atoms with Gasteiger partial charge in [-0.2, -0.15) is 14.0 Å². The standard InChI is InChI=1S/C18H13BrF3N3O/c19-13-4-3-12-11(15(13)20)2-1-5-18(12)9-25-8-10(7-23)6-14(16(25)24-18)26-17(21)22/h3-4,6,8,17H,1-2,5,9H2/t18-/m1/s1. The van der Waals surface area contributed by atoms with E-state index in [4.69, 9.17) is 10.3 Å². The van der Waals surface area contributed by atoms with Gasteiger partial charge >= 0.3 is 6.61 Å². The summed E-state index contributed by atoms with van der Waals surface area (Å²) in [6.07, 6.45) is 4.82. The molecule has 4 nitrogen and oxygen atoms in total. The monoisotopic (exact) mass is 423 g/mol. The van der Waals surface area contributed by atoms with Gasteiger partial charge in [0.2, 0.25) is 0 Å². The van der Waals surface area contributed by atoms with E-state index in [1.807, 2.05) is 12.1 Å². The average molecular weight is 424 g/mol. The van der Waals surface area contributed by atoms with E-state index in [1.54, 1.807) is 17.2 Å². The van der Waals surface area contributed by atoms with Gasteiger partial charge in [-0.25, -0.2) is 4.39 Å². The van der Waals surface area contributed by atoms with Gasteiger partial charge in [0.15, 0.2) is 11.6 Å². The van der Waals surface area contributed by atoms with Crippen molar-refractivity contribution in [3.05, 3.63) is 57.2 Å². The molecule has 1 spiro atoms. The van der Waals surface area contributed by atoms with Crippen LogP contribution in [0.25, 0.3) is 0 Å². The number of allylic oxidation sites excluding steroid dienone is 2. The molecule has 3 aliphatic rings. The Kier molecular flexibility index (Phi) is 4.07. The van der Waals surface area contributed by atoms with E-state index in [0.29, 0.717) is 29.4 Å². The molecule has 26 heavy (non-hydrogen) atoms. The van der Waals surface area contributed by atoms with Crippen molar-refractivity contribution >= 4 is 21.8 Å². The Bertz CT molecular complexity index is 919. The first kappa shape index (κ1) is 17.2. The largest absolute Gasteiger partial charge is 0.431 e. The quantitative estimate of drug-likeness (QED) is 0.708. The predicted octanol–water partition coefficient (Wildman–Crippen LogP) is 4.38. The molecule has 0 unspecified atom stereocenters. The highest BCUT2D eigenvalue weighted by molar-refractivity contribution is 9.10. The van der Waals surface area contributed by atoms with E-state index in [0.717, 1.165) is 12.0 Å². The molecule has 1 atom stereocenters. The van der Waals surface area contributed by atoms with Crippen LogP contribution in [0.3, 0.4) is 0 Å². The Morgan fingerprint density at radius 2 is 2.19 bits per heavy atom. The molecule has 0 saturated heterocycles. The fourth-order valence-electron chi connectivity index (χ4n) is 3.86. The van der Waals surface area contributed by atoms with Gasteiger partial charge in [0.1, 0.15) is 17.4 Å². The van der Waals surface area contributed by atoms with E-state index >= 15 is 0 Å². The molecule has 0 fully saturated rings. The normalized spacial score (nSPS) is 23.8. The zero-order valence-corrected chi connectivity index (χ0v) is 15.1. The van der Waals surface area contributed by atoms with Gasteiger partial charge in [-0.3, -0.25) is 4.99 Å². The summed E-state index contributed by atoms with van der Waals surface area (Å²) in [6, 6.07) is 5.41. The summed E-state index contributed by atoms with van der Waals surface area (Å²) in [6.45, 7) is -2.67. The number of hydrogen-bond acceptors (Lipinski definition) is 4. The third-order valence-corrected chi connectivity index (χ3v) is 5.50. The van der Waals surface area contributed by atoms with Crippen LogP contribution in [-0.2, 0) is 16.7 Å². The minimum Gasteiger partial charge on any atom is -0.431 e. The second-order valence-electron chi connectivity index (χ2n) is 6.42. The summed E-state index contributed by atoms with van der Waals surface area (Å²) in [5, 5.41) is 9.16. The molecule has 1 aromatic rings. The first-order chi connectivity index (χ1) is 12.4. The van der Waals surface area contributed by atoms with Crippen molar-refractivity contribution in [2.75, 3.05) is 6.54 Å². The second kappa shape index (κ2) is 6.16. The van der Waals surface area contributed by atoms with Crippen molar-refractivity contribution in [1.82, 2.24) is 4.90 Å². The molecule has 1 aromatic carbocycles. The molecular weight excluding hydrogens is 411 g/mol. The molecule has 1 aliphatic carbocycles. The minimum atomic E-state index is -3.02. The molecule has 4 rings (SSSR count). The van der Waals surface area contributed by atoms with Crippen molar-refractivity contribution in [3.63, 3.8) is 0 Å². The van der Waals surface area contributed by atoms with Crippen LogP contribution in [-0.4, -0.2) is 23.9 Å². The number of aliphatic imine (C=N–C) groups is 1. The van der Waals surface area contributed by atoms with Gasteiger partial charge in [0.05, 0.1) is 16.6 Å². The molecule has 0 N–H and O–H groups in total. The summed E-state index contributed by atoms with van der Waals surface area (Å²) >= 11 is 3.21. The lowest BCUT2D eigenvalue weighted by Crippen LogP contribution is -2.36. The first-order valence-electron chi connectivity index (χ1n) is 8.06. The number of nitrogens with zero attached hydrogens (tertiary/aromatic N) is 3. The zero-order valence-electron chi connectivity index (χ0n) is 13.5. The molecule has 134 valence electrons. The first-order valence-corrected chi connectivity index (χ1v) is 8.85. The summed E-state index contributed by atoms with van der Waals surface area (Å²) in [5.41, 5.74) is 0.820. The van der Waals surface area contributed by atoms with Crippen LogP contribution in [0.15, 0.2) is 45.2 Å². The third-order valence-electron chi connectivity index (χ3n) is 4.89. The van der Waals surface area contributed by atoms with Crippen molar-refractivity contribution < 1.29 is 17.9 Å². The lowest BCUT2D eigenvalue weighted by molar-refractivity contribution is -0.0906. The summed E-state index contributed by atoms with van der Waals surface area (Å²) in [7, 11) is 0. The SMILES string of the molecule is N#CC1=CN2C[C@@]3(CCCc4c3ccc(Br)c4F)N=C2C(OC(F)F)=C1. The van der Waals surface area contributed by atoms with Gasteiger partial charge in [0, 0.05) is 12.3 Å². The molecule has 2 aliphatic heterocycles. The van der Waals surface area contributed by atoms with Gasteiger partial charge in [-0.15, -0.1) is 0 Å². The van der Waals surface area contributed by atoms with Gasteiger partial charge in [-0.1, -0.05) is 6.07 Å². The second-order valence-corrected chi connectivity index (χ2v) is 7.27. The minimum absolute atomic E-state index is 0.138. The maximum Gasteiger partial charge on any atom is 0.387 e. The summed E-state index contributed by atoms with van der Waals surface area (Å²) < 4.78 is 45.1. The number of benzene rings is 1. The van der Waals surface area contributed by atoms with Crippen molar-refractivity contribution in [2.45, 2.75) is 31.4 Å². The highest BCUT2D eigenvalue weighted by Gasteiger charge is 2.46. The fraction of sp³-hybridized carbons (Fsp3) is 0.333. The van der Waals surface area contributed by atoms with E-state index in [1.165, 1.54) is 6.08 Å². The Balaban J connectivity index is 1.83. The maximum atomic E-state index is 14.6. The third kappa shape index (κ3) is 2.62. The van der Waals surface area contributed by atoms with E-state index in [-0.39, 0.29) is 23.0 Å². The van der Waals surface area contributed by atoms with Crippen LogP contribution in [0.2, 0.25) is 0 Å². The smallest absolute Gasteiger partial charge is 0.387 e. The van der Waals surface area contributed by atoms with E-state index < -0.39 is 12.2 Å². The van der Waals surface area contributed by atoms with Crippen molar-refractivity contribution in [3.8, 4) is 6.07 Å². The fourth-order valence-corrected chi connectivity index (χ4v) is 4.23. The van der Waals surface area contributed by atoms with Crippen LogP contribution >= 0.6 is 15.9 Å². The van der Waals surface area contributed by atoms with Gasteiger partial charge in [0.25, 0.3) is 0 Å². The highest BCUT2D eigenvalue weighted by atomic mass is 79.9. The van der Waals surface area contributed by atoms with Crippen molar-refractivity contribution in [2.24, 2.45) is 4.99 Å². The summed E-state index contributed by atoms with van der Waals surface area (Å²) in [5.74, 6) is -0.194. The number of fused-ring (bicyclic) bond motifs is 3. The lowest BCUT2D eigenvalue weighted by atomic mass is 9.77. The van der Waals surface area contributed by atoms with E-state index in [2.05, 4.69) is 20.7 Å². The number of ether oxygens (including phenoxy) is 1. The Morgan fingerprint density at radius 1 is 1.38 bits per heavy atom. The molecule has 0 saturated carbocycles. The molecule has 0 bridgehead atoms. The molecule has 0 aromatic heterocycles. The number of rotatable bonds is 2. The lowest BCUT2D eigenvalue weighted by Gasteiger charge is -2.34. The molecule has 8 heteroatoms. The van der Waals surface area contributed by atoms with Crippen LogP contribution < -0.4 is 0 Å². The highest BCUT2D eigenvalue weighted by Crippen LogP contribution is 2.45. The maximum absolute atomic E-state index is 14.6. The topological polar surface area (TPSA) is 48.6 Å². The summed E-state index contributed by atoms with van der Waals surface area (Å²) in [4.78, 5) is 6.34. The number of halogens is 4. The number of nitriles is 1. The Labute approximate surface area is 156 Å². The molecule has 0 amide bonds. The van der Waals surface area contributed by atoms with Crippen LogP contribution in [0.5, 0.6) is 0 Å². The molecular formula is C18H13BrF3N3O. The molecule has 2 heterocycles. The van der Waals surface area contributed by atoms with Crippen LogP contribution in [0.4, 0.5) is 13.2 Å². The van der Waals surface area contributed by atoms with Crippen LogP contribution in [0, 0.1) is 17.1 Å². The zero-order chi connectivity index (χ0) is 18.5. The number of hydrogen-bond donors (Lipinski definition) is 0. The predicted molar refractivity (Wildman–Crippen MR) is 91.7 cm³/mol. The van der Waals surface area contributed by atoms with Gasteiger partial charge in [-0.05, 0) is 52.4 Å². The number of alkyl halides is 2. The van der Waals surface area contributed by atoms with E-state index in [9.17, 15) is 13.2 Å². The Morgan fingerprint density at radius 3 is 2.92 bits per heavy atom. The van der Waals surface area contributed by atoms with Crippen molar-refractivity contribution in [1.29, 1.82) is 5.26 Å². The van der Waals surface area contributed by atoms with Crippen LogP contribution in [0.1, 0.15) is 24.0 Å². The Hall–Kier alpha value is -2.27. The number of amidine groups is 1. The van der Waals surface area contributed by atoms with Gasteiger partial charge < -0.3 is 9.64 Å².